The number of halogens is 1. The number of carbonyl (C=O) groups excluding carboxylic acids is 1. The van der Waals surface area contributed by atoms with Crippen LogP contribution in [0.25, 0.3) is 0 Å². The highest BCUT2D eigenvalue weighted by Gasteiger charge is 2.27. The molecule has 1 fully saturated rings. The highest BCUT2D eigenvalue weighted by Crippen LogP contribution is 2.15. The molecule has 0 bridgehead atoms. The summed E-state index contributed by atoms with van der Waals surface area (Å²) in [5.41, 5.74) is 0. The second-order valence-electron chi connectivity index (χ2n) is 3.89. The Kier molecular flexibility index (Phi) is 5.84. The fourth-order valence-electron chi connectivity index (χ4n) is 1.75. The van der Waals surface area contributed by atoms with Crippen molar-refractivity contribution >= 4 is 31.9 Å². The van der Waals surface area contributed by atoms with Gasteiger partial charge in [0, 0.05) is 26.2 Å². The molecular formula is C9H17BrN2O4S. The van der Waals surface area contributed by atoms with Crippen LogP contribution in [0.5, 0.6) is 0 Å². The molecule has 17 heavy (non-hydrogen) atoms. The molecule has 1 heterocycles. The van der Waals surface area contributed by atoms with E-state index in [1.54, 1.807) is 0 Å². The molecule has 0 spiro atoms. The van der Waals surface area contributed by atoms with Crippen molar-refractivity contribution in [3.8, 4) is 0 Å². The number of alkyl halides is 1. The summed E-state index contributed by atoms with van der Waals surface area (Å²) in [6.07, 6.45) is 1.28. The molecule has 0 saturated carbocycles. The SMILES string of the molecule is COCC(=O)NC1CCN(S(=O)(=O)CBr)CC1. The van der Waals surface area contributed by atoms with Crippen molar-refractivity contribution in [2.75, 3.05) is 31.5 Å². The van der Waals surface area contributed by atoms with Crippen molar-refractivity contribution in [1.82, 2.24) is 9.62 Å². The van der Waals surface area contributed by atoms with Crippen LogP contribution in [-0.4, -0.2) is 56.1 Å². The minimum absolute atomic E-state index is 0.0411. The third-order valence-corrected chi connectivity index (χ3v) is 5.79. The van der Waals surface area contributed by atoms with Crippen LogP contribution in [0.3, 0.4) is 0 Å². The summed E-state index contributed by atoms with van der Waals surface area (Å²) in [4.78, 5) is 11.3. The minimum Gasteiger partial charge on any atom is -0.375 e. The highest BCUT2D eigenvalue weighted by molar-refractivity contribution is 9.10. The maximum absolute atomic E-state index is 11.6. The first-order chi connectivity index (χ1) is 7.99. The van der Waals surface area contributed by atoms with E-state index in [2.05, 4.69) is 21.2 Å². The third kappa shape index (κ3) is 4.53. The van der Waals surface area contributed by atoms with Crippen molar-refractivity contribution in [2.24, 2.45) is 0 Å². The van der Waals surface area contributed by atoms with Gasteiger partial charge in [0.25, 0.3) is 0 Å². The number of methoxy groups -OCH3 is 1. The second kappa shape index (κ2) is 6.67. The number of rotatable bonds is 5. The molecule has 1 amide bonds. The second-order valence-corrected chi connectivity index (χ2v) is 7.17. The Morgan fingerprint density at radius 1 is 1.47 bits per heavy atom. The summed E-state index contributed by atoms with van der Waals surface area (Å²) < 4.78 is 29.2. The smallest absolute Gasteiger partial charge is 0.246 e. The van der Waals surface area contributed by atoms with Crippen LogP contribution in [0, 0.1) is 0 Å². The van der Waals surface area contributed by atoms with Crippen LogP contribution in [0.15, 0.2) is 0 Å². The van der Waals surface area contributed by atoms with Crippen LogP contribution in [0.4, 0.5) is 0 Å². The van der Waals surface area contributed by atoms with Crippen LogP contribution >= 0.6 is 15.9 Å². The zero-order chi connectivity index (χ0) is 12.9. The van der Waals surface area contributed by atoms with Gasteiger partial charge in [-0.3, -0.25) is 4.79 Å². The zero-order valence-electron chi connectivity index (χ0n) is 9.69. The summed E-state index contributed by atoms with van der Waals surface area (Å²) in [6.45, 7) is 0.942. The number of piperidine rings is 1. The van der Waals surface area contributed by atoms with Crippen LogP contribution in [0.1, 0.15) is 12.8 Å². The lowest BCUT2D eigenvalue weighted by molar-refractivity contribution is -0.125. The van der Waals surface area contributed by atoms with Gasteiger partial charge >= 0.3 is 0 Å². The van der Waals surface area contributed by atoms with E-state index in [1.807, 2.05) is 0 Å². The van der Waals surface area contributed by atoms with E-state index in [9.17, 15) is 13.2 Å². The van der Waals surface area contributed by atoms with Crippen LogP contribution in [-0.2, 0) is 19.6 Å². The number of nitrogens with one attached hydrogen (secondary N) is 1. The van der Waals surface area contributed by atoms with E-state index in [4.69, 9.17) is 4.74 Å². The maximum Gasteiger partial charge on any atom is 0.246 e. The molecule has 1 aliphatic heterocycles. The molecule has 0 aromatic heterocycles. The quantitative estimate of drug-likeness (QED) is 0.715. The molecular weight excluding hydrogens is 312 g/mol. The maximum atomic E-state index is 11.6. The standard InChI is InChI=1S/C9H17BrN2O4S/c1-16-6-9(13)11-8-2-4-12(5-3-8)17(14,15)7-10/h8H,2-7H2,1H3,(H,11,13). The van der Waals surface area contributed by atoms with Gasteiger partial charge in [-0.05, 0) is 12.8 Å². The Labute approximate surface area is 110 Å². The number of sulfonamides is 1. The lowest BCUT2D eigenvalue weighted by Crippen LogP contribution is -2.47. The van der Waals surface area contributed by atoms with E-state index < -0.39 is 10.0 Å². The molecule has 0 radical (unpaired) electrons. The fraction of sp³-hybridized carbons (Fsp3) is 0.889. The van der Waals surface area contributed by atoms with E-state index in [-0.39, 0.29) is 23.2 Å². The van der Waals surface area contributed by atoms with Gasteiger partial charge in [0.05, 0.1) is 0 Å². The van der Waals surface area contributed by atoms with E-state index in [0.29, 0.717) is 25.9 Å². The molecule has 1 saturated heterocycles. The lowest BCUT2D eigenvalue weighted by Gasteiger charge is -2.31. The van der Waals surface area contributed by atoms with Gasteiger partial charge in [0.15, 0.2) is 0 Å². The molecule has 1 N–H and O–H groups in total. The Balaban J connectivity index is 2.38. The predicted molar refractivity (Wildman–Crippen MR) is 67.3 cm³/mol. The van der Waals surface area contributed by atoms with E-state index in [0.717, 1.165) is 0 Å². The first-order valence-electron chi connectivity index (χ1n) is 5.31. The molecule has 0 aromatic rings. The topological polar surface area (TPSA) is 75.7 Å². The molecule has 8 heteroatoms. The average molecular weight is 329 g/mol. The molecule has 1 aliphatic rings. The number of amides is 1. The number of ether oxygens (including phenoxy) is 1. The number of carbonyl (C=O) groups is 1. The van der Waals surface area contributed by atoms with Crippen molar-refractivity contribution in [3.63, 3.8) is 0 Å². The van der Waals surface area contributed by atoms with Gasteiger partial charge < -0.3 is 10.1 Å². The van der Waals surface area contributed by atoms with E-state index in [1.165, 1.54) is 11.4 Å². The molecule has 100 valence electrons. The van der Waals surface area contributed by atoms with Gasteiger partial charge in [0.1, 0.15) is 11.3 Å². The Morgan fingerprint density at radius 2 is 2.06 bits per heavy atom. The largest absolute Gasteiger partial charge is 0.375 e. The Hall–Kier alpha value is -0.180. The summed E-state index contributed by atoms with van der Waals surface area (Å²) in [7, 11) is -1.71. The van der Waals surface area contributed by atoms with Crippen LogP contribution in [0.2, 0.25) is 0 Å². The van der Waals surface area contributed by atoms with Crippen molar-refractivity contribution in [1.29, 1.82) is 0 Å². The molecule has 0 atom stereocenters. The Bertz CT molecular complexity index is 352. The van der Waals surface area contributed by atoms with Gasteiger partial charge in [0.2, 0.25) is 15.9 Å². The fourth-order valence-corrected chi connectivity index (χ4v) is 3.52. The highest BCUT2D eigenvalue weighted by atomic mass is 79.9. The lowest BCUT2D eigenvalue weighted by atomic mass is 10.1. The summed E-state index contributed by atoms with van der Waals surface area (Å²) >= 11 is 2.97. The Morgan fingerprint density at radius 3 is 2.53 bits per heavy atom. The molecule has 0 aliphatic carbocycles. The number of nitrogens with zero attached hydrogens (tertiary/aromatic N) is 1. The normalized spacial score (nSPS) is 19.2. The van der Waals surface area contributed by atoms with E-state index >= 15 is 0 Å². The summed E-state index contributed by atoms with van der Waals surface area (Å²) in [6, 6.07) is 0.0411. The third-order valence-electron chi connectivity index (χ3n) is 2.63. The monoisotopic (exact) mass is 328 g/mol. The van der Waals surface area contributed by atoms with Gasteiger partial charge in [-0.2, -0.15) is 0 Å². The summed E-state index contributed by atoms with van der Waals surface area (Å²) in [5.74, 6) is -0.158. The number of hydrogen-bond acceptors (Lipinski definition) is 4. The van der Waals surface area contributed by atoms with Gasteiger partial charge in [-0.1, -0.05) is 15.9 Å². The van der Waals surface area contributed by atoms with Gasteiger partial charge in [-0.15, -0.1) is 0 Å². The zero-order valence-corrected chi connectivity index (χ0v) is 12.1. The molecule has 0 unspecified atom stereocenters. The summed E-state index contributed by atoms with van der Waals surface area (Å²) in [5, 5.41) is 2.81. The van der Waals surface area contributed by atoms with Crippen molar-refractivity contribution < 1.29 is 17.9 Å². The van der Waals surface area contributed by atoms with Crippen molar-refractivity contribution in [3.05, 3.63) is 0 Å². The predicted octanol–water partition coefficient (Wildman–Crippen LogP) is -0.104. The number of hydrogen-bond donors (Lipinski definition) is 1. The average Bonchev–Trinajstić information content (AvgIpc) is 2.30. The molecule has 6 nitrogen and oxygen atoms in total. The first-order valence-corrected chi connectivity index (χ1v) is 8.04. The van der Waals surface area contributed by atoms with Crippen molar-refractivity contribution in [2.45, 2.75) is 18.9 Å². The minimum atomic E-state index is -3.17. The molecule has 1 rings (SSSR count). The van der Waals surface area contributed by atoms with Gasteiger partial charge in [-0.25, -0.2) is 12.7 Å². The first kappa shape index (κ1) is 14.9. The molecule has 0 aromatic carbocycles. The van der Waals surface area contributed by atoms with Crippen LogP contribution < -0.4 is 5.32 Å².